The summed E-state index contributed by atoms with van der Waals surface area (Å²) in [6.45, 7) is 1.51. The summed E-state index contributed by atoms with van der Waals surface area (Å²) in [6.07, 6.45) is 7.63. The Morgan fingerprint density at radius 3 is 1.35 bits per heavy atom. The molecule has 0 aliphatic carbocycles. The Morgan fingerprint density at radius 1 is 0.529 bits per heavy atom. The molecule has 0 radical (unpaired) electrons. The van der Waals surface area contributed by atoms with E-state index in [1.54, 1.807) is 0 Å². The average Bonchev–Trinajstić information content (AvgIpc) is 3.45. The zero-order valence-corrected chi connectivity index (χ0v) is 21.7. The van der Waals surface area contributed by atoms with E-state index in [0.717, 1.165) is 36.1 Å². The molecule has 34 heavy (non-hydrogen) atoms. The Hall–Kier alpha value is -2.54. The average molecular weight is 549 g/mol. The number of nitrogens with zero attached hydrogens (tertiary/aromatic N) is 5. The molecule has 5 rings (SSSR count). The maximum atomic E-state index is 4.90. The Labute approximate surface area is 229 Å². The minimum atomic E-state index is 0. The predicted octanol–water partition coefficient (Wildman–Crippen LogP) is -4.09. The number of halogens is 3. The molecular formula is C25H21Cl3N5V. The molecule has 5 nitrogen and oxygen atoms in total. The van der Waals surface area contributed by atoms with Crippen LogP contribution in [0.3, 0.4) is 0 Å². The Bertz CT molecular complexity index is 1160. The molecule has 9 heteroatoms. The summed E-state index contributed by atoms with van der Waals surface area (Å²) in [7, 11) is 0. The van der Waals surface area contributed by atoms with Crippen molar-refractivity contribution in [2.45, 2.75) is 13.1 Å². The molecular weight excluding hydrogens is 528 g/mol. The second kappa shape index (κ2) is 14.0. The van der Waals surface area contributed by atoms with Gasteiger partial charge in [0.05, 0.1) is 0 Å². The van der Waals surface area contributed by atoms with Crippen LogP contribution in [0.15, 0.2) is 104 Å². The van der Waals surface area contributed by atoms with Crippen LogP contribution >= 0.6 is 0 Å². The first-order valence-electron chi connectivity index (χ1n) is 9.95. The van der Waals surface area contributed by atoms with Gasteiger partial charge in [-0.3, -0.25) is 0 Å². The minimum absolute atomic E-state index is 0. The van der Waals surface area contributed by atoms with Gasteiger partial charge in [0.2, 0.25) is 0 Å². The molecule has 172 valence electrons. The van der Waals surface area contributed by atoms with Crippen molar-refractivity contribution >= 4 is 0 Å². The van der Waals surface area contributed by atoms with Crippen molar-refractivity contribution in [1.29, 1.82) is 0 Å². The summed E-state index contributed by atoms with van der Waals surface area (Å²) in [5.41, 5.74) is 4.13. The van der Waals surface area contributed by atoms with E-state index in [4.69, 9.17) is 4.98 Å². The first-order chi connectivity index (χ1) is 14.9. The molecule has 0 aliphatic heterocycles. The van der Waals surface area contributed by atoms with Crippen molar-refractivity contribution < 1.29 is 55.8 Å². The number of aromatic nitrogens is 5. The molecule has 0 fully saturated rings. The third-order valence-corrected chi connectivity index (χ3v) is 5.03. The largest absolute Gasteiger partial charge is 3.00 e. The SMILES string of the molecule is [Cl-].[Cl-].[Cl-].[V+3].c1ccc(Cn2ccnc2-c2cccc(-c3nccn3Cc3ccccc3)n2)cc1. The van der Waals surface area contributed by atoms with Crippen LogP contribution in [-0.2, 0) is 31.6 Å². The zero-order chi connectivity index (χ0) is 20.2. The van der Waals surface area contributed by atoms with Gasteiger partial charge in [-0.25, -0.2) is 15.0 Å². The molecule has 0 saturated heterocycles. The molecule has 0 saturated carbocycles. The first kappa shape index (κ1) is 29.5. The molecule has 0 spiro atoms. The first-order valence-corrected chi connectivity index (χ1v) is 9.95. The van der Waals surface area contributed by atoms with Gasteiger partial charge in [0.25, 0.3) is 0 Å². The van der Waals surface area contributed by atoms with Gasteiger partial charge in [-0.05, 0) is 23.3 Å². The Balaban J connectivity index is 0.00000144. The van der Waals surface area contributed by atoms with Crippen molar-refractivity contribution in [2.75, 3.05) is 0 Å². The summed E-state index contributed by atoms with van der Waals surface area (Å²) in [5, 5.41) is 0. The maximum Gasteiger partial charge on any atom is 3.00 e. The second-order valence-electron chi connectivity index (χ2n) is 7.14. The van der Waals surface area contributed by atoms with Gasteiger partial charge in [-0.2, -0.15) is 0 Å². The molecule has 3 heterocycles. The van der Waals surface area contributed by atoms with Crippen LogP contribution in [-0.4, -0.2) is 24.1 Å². The third kappa shape index (κ3) is 6.75. The fraction of sp³-hybridized carbons (Fsp3) is 0.0800. The third-order valence-electron chi connectivity index (χ3n) is 5.03. The summed E-state index contributed by atoms with van der Waals surface area (Å²) >= 11 is 0. The van der Waals surface area contributed by atoms with Crippen molar-refractivity contribution in [3.05, 3.63) is 115 Å². The van der Waals surface area contributed by atoms with E-state index >= 15 is 0 Å². The summed E-state index contributed by atoms with van der Waals surface area (Å²) in [6, 6.07) is 26.8. The quantitative estimate of drug-likeness (QED) is 0.217. The standard InChI is InChI=1S/C25H21N5.3ClH.V/c1-3-8-20(9-4-1)18-29-16-14-26-24(29)22-12-7-13-23(28-22)25-27-15-17-30(25)19-21-10-5-2-6-11-21;;;;/h1-17H,18-19H2;3*1H;/q;;;;+3/p-3. The summed E-state index contributed by atoms with van der Waals surface area (Å²) in [4.78, 5) is 14.0. The van der Waals surface area contributed by atoms with E-state index in [-0.39, 0.29) is 55.8 Å². The van der Waals surface area contributed by atoms with Gasteiger partial charge in [0.15, 0.2) is 11.6 Å². The fourth-order valence-corrected chi connectivity index (χ4v) is 3.58. The number of hydrogen-bond acceptors (Lipinski definition) is 3. The van der Waals surface area contributed by atoms with Crippen LogP contribution in [0.1, 0.15) is 11.1 Å². The van der Waals surface area contributed by atoms with E-state index in [1.807, 2.05) is 55.1 Å². The summed E-state index contributed by atoms with van der Waals surface area (Å²) < 4.78 is 4.25. The van der Waals surface area contributed by atoms with Gasteiger partial charge in [0, 0.05) is 37.9 Å². The Kier molecular flexibility index (Phi) is 12.1. The topological polar surface area (TPSA) is 48.5 Å². The van der Waals surface area contributed by atoms with Gasteiger partial charge >= 0.3 is 18.6 Å². The number of imidazole rings is 2. The molecule has 3 aromatic heterocycles. The van der Waals surface area contributed by atoms with Crippen molar-refractivity contribution in [3.8, 4) is 23.0 Å². The number of benzene rings is 2. The zero-order valence-electron chi connectivity index (χ0n) is 18.0. The van der Waals surface area contributed by atoms with E-state index in [0.29, 0.717) is 0 Å². The molecule has 0 unspecified atom stereocenters. The van der Waals surface area contributed by atoms with Crippen molar-refractivity contribution in [1.82, 2.24) is 24.1 Å². The van der Waals surface area contributed by atoms with Gasteiger partial charge < -0.3 is 46.4 Å². The van der Waals surface area contributed by atoms with Crippen LogP contribution in [0.4, 0.5) is 0 Å². The van der Waals surface area contributed by atoms with Crippen LogP contribution in [0.2, 0.25) is 0 Å². The van der Waals surface area contributed by atoms with Crippen LogP contribution in [0, 0.1) is 0 Å². The van der Waals surface area contributed by atoms with Crippen LogP contribution < -0.4 is 37.2 Å². The van der Waals surface area contributed by atoms with Crippen molar-refractivity contribution in [3.63, 3.8) is 0 Å². The second-order valence-corrected chi connectivity index (χ2v) is 7.14. The molecule has 0 N–H and O–H groups in total. The Morgan fingerprint density at radius 2 is 0.941 bits per heavy atom. The van der Waals surface area contributed by atoms with Gasteiger partial charge in [0.1, 0.15) is 11.4 Å². The van der Waals surface area contributed by atoms with Gasteiger partial charge in [-0.15, -0.1) is 0 Å². The minimum Gasteiger partial charge on any atom is -1.00 e. The maximum absolute atomic E-state index is 4.90. The predicted molar refractivity (Wildman–Crippen MR) is 118 cm³/mol. The van der Waals surface area contributed by atoms with Crippen molar-refractivity contribution in [2.24, 2.45) is 0 Å². The molecule has 0 bridgehead atoms. The monoisotopic (exact) mass is 547 g/mol. The molecule has 0 atom stereocenters. The van der Waals surface area contributed by atoms with Crippen LogP contribution in [0.5, 0.6) is 0 Å². The van der Waals surface area contributed by atoms with Gasteiger partial charge in [-0.1, -0.05) is 66.7 Å². The molecule has 0 aliphatic rings. The van der Waals surface area contributed by atoms with E-state index < -0.39 is 0 Å². The number of hydrogen-bond donors (Lipinski definition) is 0. The molecule has 0 amide bonds. The molecule has 5 aromatic rings. The smallest absolute Gasteiger partial charge is 1.00 e. The van der Waals surface area contributed by atoms with E-state index in [1.165, 1.54) is 11.1 Å². The van der Waals surface area contributed by atoms with E-state index in [2.05, 4.69) is 67.6 Å². The summed E-state index contributed by atoms with van der Waals surface area (Å²) in [5.74, 6) is 1.70. The molecule has 2 aromatic carbocycles. The van der Waals surface area contributed by atoms with E-state index in [9.17, 15) is 0 Å². The number of pyridine rings is 1. The van der Waals surface area contributed by atoms with Crippen LogP contribution in [0.25, 0.3) is 23.0 Å². The fourth-order valence-electron chi connectivity index (χ4n) is 3.58. The normalized spacial score (nSPS) is 9.65. The number of rotatable bonds is 6.